The van der Waals surface area contributed by atoms with Crippen molar-refractivity contribution in [2.75, 3.05) is 12.3 Å². The summed E-state index contributed by atoms with van der Waals surface area (Å²) in [5.41, 5.74) is 8.85. The van der Waals surface area contributed by atoms with Crippen LogP contribution >= 0.6 is 0 Å². The van der Waals surface area contributed by atoms with Gasteiger partial charge in [0.05, 0.1) is 6.61 Å². The number of benzene rings is 1. The number of hydrogen-bond acceptors (Lipinski definition) is 3. The molecule has 0 radical (unpaired) electrons. The van der Waals surface area contributed by atoms with E-state index in [1.54, 1.807) is 6.20 Å². The van der Waals surface area contributed by atoms with Gasteiger partial charge in [0, 0.05) is 37.6 Å². The van der Waals surface area contributed by atoms with Crippen molar-refractivity contribution in [3.8, 4) is 5.75 Å². The molecular weight excluding hydrogens is 226 g/mol. The predicted molar refractivity (Wildman–Crippen MR) is 72.7 cm³/mol. The first kappa shape index (κ1) is 12.5. The summed E-state index contributed by atoms with van der Waals surface area (Å²) >= 11 is 0. The average Bonchev–Trinajstić information content (AvgIpc) is 2.72. The van der Waals surface area contributed by atoms with Crippen LogP contribution in [-0.2, 0) is 13.5 Å². The Labute approximate surface area is 107 Å². The SMILES string of the molecule is Cc1cc(C)c(OCCc2nccn2C)cc1N. The lowest BCUT2D eigenvalue weighted by Gasteiger charge is -2.11. The van der Waals surface area contributed by atoms with Crippen molar-refractivity contribution in [2.45, 2.75) is 20.3 Å². The number of ether oxygens (including phenoxy) is 1. The molecule has 2 rings (SSSR count). The zero-order chi connectivity index (χ0) is 13.1. The van der Waals surface area contributed by atoms with Crippen molar-refractivity contribution >= 4 is 5.69 Å². The zero-order valence-electron chi connectivity index (χ0n) is 11.1. The number of imidazole rings is 1. The van der Waals surface area contributed by atoms with E-state index in [2.05, 4.69) is 4.98 Å². The van der Waals surface area contributed by atoms with E-state index < -0.39 is 0 Å². The van der Waals surface area contributed by atoms with Gasteiger partial charge in [-0.05, 0) is 25.0 Å². The normalized spacial score (nSPS) is 10.6. The molecule has 1 heterocycles. The molecule has 0 saturated heterocycles. The molecule has 0 atom stereocenters. The second-order valence-electron chi connectivity index (χ2n) is 4.53. The number of nitrogens with zero attached hydrogens (tertiary/aromatic N) is 2. The highest BCUT2D eigenvalue weighted by Crippen LogP contribution is 2.24. The van der Waals surface area contributed by atoms with E-state index in [-0.39, 0.29) is 0 Å². The summed E-state index contributed by atoms with van der Waals surface area (Å²) in [5.74, 6) is 1.88. The molecule has 0 amide bonds. The first-order valence-corrected chi connectivity index (χ1v) is 6.03. The van der Waals surface area contributed by atoms with E-state index in [4.69, 9.17) is 10.5 Å². The van der Waals surface area contributed by atoms with E-state index >= 15 is 0 Å². The van der Waals surface area contributed by atoms with Gasteiger partial charge >= 0.3 is 0 Å². The fourth-order valence-electron chi connectivity index (χ4n) is 1.89. The minimum atomic E-state index is 0.605. The summed E-state index contributed by atoms with van der Waals surface area (Å²) in [6.45, 7) is 4.64. The molecule has 1 aromatic carbocycles. The van der Waals surface area contributed by atoms with E-state index in [1.165, 1.54) is 0 Å². The second kappa shape index (κ2) is 5.12. The molecule has 0 aliphatic carbocycles. The van der Waals surface area contributed by atoms with E-state index in [1.807, 2.05) is 43.8 Å². The van der Waals surface area contributed by atoms with Gasteiger partial charge in [-0.3, -0.25) is 0 Å². The summed E-state index contributed by atoms with van der Waals surface area (Å²) in [5, 5.41) is 0. The molecule has 1 aromatic heterocycles. The molecule has 2 N–H and O–H groups in total. The van der Waals surface area contributed by atoms with Crippen LogP contribution in [0.5, 0.6) is 5.75 Å². The third kappa shape index (κ3) is 2.64. The van der Waals surface area contributed by atoms with Gasteiger partial charge in [-0.1, -0.05) is 6.07 Å². The van der Waals surface area contributed by atoms with Crippen LogP contribution in [0.25, 0.3) is 0 Å². The maximum absolute atomic E-state index is 5.88. The molecule has 0 spiro atoms. The summed E-state index contributed by atoms with van der Waals surface area (Å²) in [7, 11) is 1.98. The molecule has 0 fully saturated rings. The lowest BCUT2D eigenvalue weighted by molar-refractivity contribution is 0.315. The van der Waals surface area contributed by atoms with Gasteiger partial charge in [0.1, 0.15) is 11.6 Å². The van der Waals surface area contributed by atoms with Crippen LogP contribution in [0.15, 0.2) is 24.5 Å². The predicted octanol–water partition coefficient (Wildman–Crippen LogP) is 2.24. The number of aromatic nitrogens is 2. The Bertz CT molecular complexity index is 546. The van der Waals surface area contributed by atoms with Crippen molar-refractivity contribution < 1.29 is 4.74 Å². The highest BCUT2D eigenvalue weighted by atomic mass is 16.5. The van der Waals surface area contributed by atoms with Crippen LogP contribution in [0.4, 0.5) is 5.69 Å². The fourth-order valence-corrected chi connectivity index (χ4v) is 1.89. The van der Waals surface area contributed by atoms with Crippen molar-refractivity contribution in [3.05, 3.63) is 41.5 Å². The lowest BCUT2D eigenvalue weighted by atomic mass is 10.1. The van der Waals surface area contributed by atoms with Crippen molar-refractivity contribution in [1.82, 2.24) is 9.55 Å². The largest absolute Gasteiger partial charge is 0.493 e. The average molecular weight is 245 g/mol. The maximum atomic E-state index is 5.88. The number of hydrogen-bond donors (Lipinski definition) is 1. The van der Waals surface area contributed by atoms with Gasteiger partial charge < -0.3 is 15.0 Å². The zero-order valence-corrected chi connectivity index (χ0v) is 11.1. The summed E-state index contributed by atoms with van der Waals surface area (Å²) in [6, 6.07) is 3.94. The minimum absolute atomic E-state index is 0.605. The molecule has 96 valence electrons. The number of nitrogen functional groups attached to an aromatic ring is 1. The standard InChI is InChI=1S/C14H19N3O/c1-10-8-11(2)13(9-12(10)15)18-7-4-14-16-5-6-17(14)3/h5-6,8-9H,4,7,15H2,1-3H3. The number of rotatable bonds is 4. The van der Waals surface area contributed by atoms with Gasteiger partial charge in [0.25, 0.3) is 0 Å². The van der Waals surface area contributed by atoms with Crippen molar-refractivity contribution in [3.63, 3.8) is 0 Å². The molecule has 4 heteroatoms. The molecular formula is C14H19N3O. The maximum Gasteiger partial charge on any atom is 0.124 e. The van der Waals surface area contributed by atoms with Crippen LogP contribution < -0.4 is 10.5 Å². The molecule has 2 aromatic rings. The molecule has 0 aliphatic heterocycles. The number of aryl methyl sites for hydroxylation is 3. The number of anilines is 1. The Kier molecular flexibility index (Phi) is 3.55. The molecule has 4 nitrogen and oxygen atoms in total. The molecule has 0 bridgehead atoms. The topological polar surface area (TPSA) is 53.1 Å². The van der Waals surface area contributed by atoms with Crippen molar-refractivity contribution in [1.29, 1.82) is 0 Å². The van der Waals surface area contributed by atoms with Gasteiger partial charge in [-0.15, -0.1) is 0 Å². The highest BCUT2D eigenvalue weighted by molar-refractivity contribution is 5.54. The summed E-state index contributed by atoms with van der Waals surface area (Å²) < 4.78 is 7.77. The van der Waals surface area contributed by atoms with Crippen molar-refractivity contribution in [2.24, 2.45) is 7.05 Å². The lowest BCUT2D eigenvalue weighted by Crippen LogP contribution is -2.07. The van der Waals surface area contributed by atoms with Gasteiger partial charge in [0.2, 0.25) is 0 Å². The van der Waals surface area contributed by atoms with E-state index in [9.17, 15) is 0 Å². The Morgan fingerprint density at radius 1 is 1.28 bits per heavy atom. The first-order valence-electron chi connectivity index (χ1n) is 6.03. The Morgan fingerprint density at radius 2 is 2.06 bits per heavy atom. The third-order valence-electron chi connectivity index (χ3n) is 3.07. The summed E-state index contributed by atoms with van der Waals surface area (Å²) in [4.78, 5) is 4.26. The van der Waals surface area contributed by atoms with Crippen LogP contribution in [0.1, 0.15) is 17.0 Å². The molecule has 0 saturated carbocycles. The van der Waals surface area contributed by atoms with Gasteiger partial charge in [-0.2, -0.15) is 0 Å². The molecule has 0 unspecified atom stereocenters. The van der Waals surface area contributed by atoms with Crippen LogP contribution in [-0.4, -0.2) is 16.2 Å². The second-order valence-corrected chi connectivity index (χ2v) is 4.53. The van der Waals surface area contributed by atoms with Crippen LogP contribution in [0.3, 0.4) is 0 Å². The van der Waals surface area contributed by atoms with E-state index in [0.717, 1.165) is 34.8 Å². The van der Waals surface area contributed by atoms with Crippen LogP contribution in [0.2, 0.25) is 0 Å². The molecule has 18 heavy (non-hydrogen) atoms. The minimum Gasteiger partial charge on any atom is -0.493 e. The molecule has 0 aliphatic rings. The van der Waals surface area contributed by atoms with Gasteiger partial charge in [0.15, 0.2) is 0 Å². The Hall–Kier alpha value is -1.97. The summed E-state index contributed by atoms with van der Waals surface area (Å²) in [6.07, 6.45) is 4.52. The van der Waals surface area contributed by atoms with Gasteiger partial charge in [-0.25, -0.2) is 4.98 Å². The monoisotopic (exact) mass is 245 g/mol. The first-order chi connectivity index (χ1) is 8.58. The third-order valence-corrected chi connectivity index (χ3v) is 3.07. The van der Waals surface area contributed by atoms with Crippen LogP contribution in [0, 0.1) is 13.8 Å². The number of nitrogens with two attached hydrogens (primary N) is 1. The highest BCUT2D eigenvalue weighted by Gasteiger charge is 2.04. The smallest absolute Gasteiger partial charge is 0.124 e. The Morgan fingerprint density at radius 3 is 2.72 bits per heavy atom. The van der Waals surface area contributed by atoms with E-state index in [0.29, 0.717) is 6.61 Å². The fraction of sp³-hybridized carbons (Fsp3) is 0.357. The quantitative estimate of drug-likeness (QED) is 0.840. The Balaban J connectivity index is 1.99.